The van der Waals surface area contributed by atoms with Crippen molar-refractivity contribution in [2.24, 2.45) is 0 Å². The summed E-state index contributed by atoms with van der Waals surface area (Å²) in [5.41, 5.74) is 11.4. The van der Waals surface area contributed by atoms with E-state index in [0.717, 1.165) is 11.8 Å². The molecule has 1 aromatic heterocycles. The fourth-order valence-corrected chi connectivity index (χ4v) is 2.64. The van der Waals surface area contributed by atoms with E-state index in [9.17, 15) is 9.50 Å². The second-order valence-corrected chi connectivity index (χ2v) is 4.94. The lowest BCUT2D eigenvalue weighted by Crippen LogP contribution is -2.01. The van der Waals surface area contributed by atoms with E-state index in [1.54, 1.807) is 12.1 Å². The Balaban J connectivity index is 2.40. The molecule has 0 amide bonds. The van der Waals surface area contributed by atoms with E-state index in [0.29, 0.717) is 10.1 Å². The summed E-state index contributed by atoms with van der Waals surface area (Å²) in [5, 5.41) is 9.94. The van der Waals surface area contributed by atoms with Crippen LogP contribution < -0.4 is 11.5 Å². The highest BCUT2D eigenvalue weighted by atomic mass is 32.2. The van der Waals surface area contributed by atoms with Gasteiger partial charge < -0.3 is 16.6 Å². The van der Waals surface area contributed by atoms with Gasteiger partial charge in [-0.05, 0) is 30.8 Å². The van der Waals surface area contributed by atoms with Crippen molar-refractivity contribution in [1.82, 2.24) is 9.97 Å². The van der Waals surface area contributed by atoms with Gasteiger partial charge in [0.1, 0.15) is 17.5 Å². The minimum atomic E-state index is -0.929. The average Bonchev–Trinajstić information content (AvgIpc) is 2.26. The lowest BCUT2D eigenvalue weighted by atomic mass is 10.1. The highest BCUT2D eigenvalue weighted by molar-refractivity contribution is 7.99. The zero-order valence-electron chi connectivity index (χ0n) is 10.2. The molecule has 1 unspecified atom stereocenters. The van der Waals surface area contributed by atoms with E-state index in [4.69, 9.17) is 11.5 Å². The van der Waals surface area contributed by atoms with Crippen LogP contribution in [-0.4, -0.2) is 15.1 Å². The number of benzene rings is 1. The summed E-state index contributed by atoms with van der Waals surface area (Å²) < 4.78 is 13.7. The number of aromatic nitrogens is 2. The quantitative estimate of drug-likeness (QED) is 0.744. The molecule has 0 aliphatic carbocycles. The Hall–Kier alpha value is -1.86. The molecule has 0 fully saturated rings. The number of rotatable bonds is 3. The summed E-state index contributed by atoms with van der Waals surface area (Å²) in [4.78, 5) is 8.54. The first kappa shape index (κ1) is 13.6. The minimum Gasteiger partial charge on any atom is -0.389 e. The number of hydrogen-bond acceptors (Lipinski definition) is 6. The van der Waals surface area contributed by atoms with E-state index in [2.05, 4.69) is 9.97 Å². The Morgan fingerprint density at radius 3 is 2.47 bits per heavy atom. The summed E-state index contributed by atoms with van der Waals surface area (Å²) in [6.07, 6.45) is -0.929. The van der Waals surface area contributed by atoms with Gasteiger partial charge in [-0.1, -0.05) is 6.07 Å². The monoisotopic (exact) mass is 280 g/mol. The Morgan fingerprint density at radius 2 is 1.89 bits per heavy atom. The smallest absolute Gasteiger partial charge is 0.196 e. The number of anilines is 2. The van der Waals surface area contributed by atoms with Gasteiger partial charge in [-0.15, -0.1) is 0 Å². The molecular formula is C12H13FN4OS. The average molecular weight is 280 g/mol. The van der Waals surface area contributed by atoms with Crippen LogP contribution in [-0.2, 0) is 0 Å². The summed E-state index contributed by atoms with van der Waals surface area (Å²) >= 11 is 1.10. The molecule has 2 aromatic rings. The normalized spacial score (nSPS) is 12.4. The Kier molecular flexibility index (Phi) is 3.87. The summed E-state index contributed by atoms with van der Waals surface area (Å²) in [7, 11) is 0. The predicted molar refractivity (Wildman–Crippen MR) is 72.0 cm³/mol. The molecule has 0 radical (unpaired) electrons. The molecule has 7 heteroatoms. The van der Waals surface area contributed by atoms with Crippen LogP contribution in [0.4, 0.5) is 16.0 Å². The largest absolute Gasteiger partial charge is 0.389 e. The first-order valence-electron chi connectivity index (χ1n) is 5.51. The Bertz CT molecular complexity index is 586. The summed E-state index contributed by atoms with van der Waals surface area (Å²) in [6, 6.07) is 5.96. The van der Waals surface area contributed by atoms with Gasteiger partial charge in [0.05, 0.1) is 6.10 Å². The third kappa shape index (κ3) is 3.12. The van der Waals surface area contributed by atoms with Crippen LogP contribution in [0, 0.1) is 5.82 Å². The maximum Gasteiger partial charge on any atom is 0.196 e. The first-order valence-corrected chi connectivity index (χ1v) is 6.33. The lowest BCUT2D eigenvalue weighted by Gasteiger charge is -2.12. The van der Waals surface area contributed by atoms with Crippen LogP contribution >= 0.6 is 11.8 Å². The van der Waals surface area contributed by atoms with Crippen LogP contribution in [0.25, 0.3) is 0 Å². The fraction of sp³-hybridized carbons (Fsp3) is 0.167. The second-order valence-electron chi connectivity index (χ2n) is 3.93. The molecular weight excluding hydrogens is 267 g/mol. The SMILES string of the molecule is CC(O)c1c(F)cccc1Sc1nc(N)cc(N)n1. The van der Waals surface area contributed by atoms with E-state index >= 15 is 0 Å². The predicted octanol–water partition coefficient (Wildman–Crippen LogP) is 1.98. The van der Waals surface area contributed by atoms with Crippen LogP contribution in [0.1, 0.15) is 18.6 Å². The third-order valence-corrected chi connectivity index (χ3v) is 3.32. The minimum absolute atomic E-state index is 0.206. The zero-order valence-corrected chi connectivity index (χ0v) is 11.0. The molecule has 1 heterocycles. The van der Waals surface area contributed by atoms with Gasteiger partial charge in [-0.25, -0.2) is 14.4 Å². The third-order valence-electron chi connectivity index (χ3n) is 2.38. The van der Waals surface area contributed by atoms with Crippen LogP contribution in [0.2, 0.25) is 0 Å². The molecule has 0 saturated carbocycles. The van der Waals surface area contributed by atoms with Crippen molar-refractivity contribution >= 4 is 23.4 Å². The number of aliphatic hydroxyl groups is 1. The standard InChI is InChI=1S/C12H13FN4OS/c1-6(18)11-7(13)3-2-4-8(11)19-12-16-9(14)5-10(15)17-12/h2-6,18H,1H3,(H4,14,15,16,17). The summed E-state index contributed by atoms with van der Waals surface area (Å²) in [5.74, 6) is 0.00637. The van der Waals surface area contributed by atoms with Crippen molar-refractivity contribution in [2.75, 3.05) is 11.5 Å². The highest BCUT2D eigenvalue weighted by Gasteiger charge is 2.15. The molecule has 5 N–H and O–H groups in total. The summed E-state index contributed by atoms with van der Waals surface area (Å²) in [6.45, 7) is 1.50. The van der Waals surface area contributed by atoms with Gasteiger partial charge in [0.25, 0.3) is 0 Å². The first-order chi connectivity index (χ1) is 8.97. The topological polar surface area (TPSA) is 98.0 Å². The molecule has 0 aliphatic heterocycles. The van der Waals surface area contributed by atoms with Gasteiger partial charge in [0, 0.05) is 16.5 Å². The lowest BCUT2D eigenvalue weighted by molar-refractivity contribution is 0.191. The molecule has 5 nitrogen and oxygen atoms in total. The molecule has 0 aliphatic rings. The van der Waals surface area contributed by atoms with Crippen molar-refractivity contribution in [3.05, 3.63) is 35.6 Å². The van der Waals surface area contributed by atoms with Crippen molar-refractivity contribution in [3.63, 3.8) is 0 Å². The number of nitrogens with two attached hydrogens (primary N) is 2. The van der Waals surface area contributed by atoms with Crippen molar-refractivity contribution in [3.8, 4) is 0 Å². The Labute approximate surface area is 113 Å². The molecule has 19 heavy (non-hydrogen) atoms. The van der Waals surface area contributed by atoms with Crippen molar-refractivity contribution < 1.29 is 9.50 Å². The molecule has 0 saturated heterocycles. The van der Waals surface area contributed by atoms with Crippen LogP contribution in [0.5, 0.6) is 0 Å². The molecule has 0 bridgehead atoms. The van der Waals surface area contributed by atoms with Gasteiger partial charge in [0.2, 0.25) is 0 Å². The van der Waals surface area contributed by atoms with E-state index in [1.807, 2.05) is 0 Å². The van der Waals surface area contributed by atoms with Gasteiger partial charge in [0.15, 0.2) is 5.16 Å². The molecule has 0 spiro atoms. The molecule has 2 rings (SSSR count). The number of hydrogen-bond donors (Lipinski definition) is 3. The van der Waals surface area contributed by atoms with Crippen molar-refractivity contribution in [2.45, 2.75) is 23.1 Å². The maximum absolute atomic E-state index is 13.7. The van der Waals surface area contributed by atoms with E-state index in [-0.39, 0.29) is 17.2 Å². The van der Waals surface area contributed by atoms with E-state index < -0.39 is 11.9 Å². The van der Waals surface area contributed by atoms with Crippen LogP contribution in [0.3, 0.4) is 0 Å². The molecule has 1 aromatic carbocycles. The van der Waals surface area contributed by atoms with Gasteiger partial charge in [-0.2, -0.15) is 0 Å². The van der Waals surface area contributed by atoms with Crippen LogP contribution in [0.15, 0.2) is 34.3 Å². The highest BCUT2D eigenvalue weighted by Crippen LogP contribution is 2.33. The molecule has 1 atom stereocenters. The number of halogens is 1. The fourth-order valence-electron chi connectivity index (χ4n) is 1.62. The van der Waals surface area contributed by atoms with E-state index in [1.165, 1.54) is 19.1 Å². The second kappa shape index (κ2) is 5.41. The number of aliphatic hydroxyl groups excluding tert-OH is 1. The Morgan fingerprint density at radius 1 is 1.26 bits per heavy atom. The number of nitrogens with zero attached hydrogens (tertiary/aromatic N) is 2. The van der Waals surface area contributed by atoms with Gasteiger partial charge >= 0.3 is 0 Å². The maximum atomic E-state index is 13.7. The zero-order chi connectivity index (χ0) is 14.0. The molecule has 100 valence electrons. The van der Waals surface area contributed by atoms with Crippen molar-refractivity contribution in [1.29, 1.82) is 0 Å². The van der Waals surface area contributed by atoms with Gasteiger partial charge in [-0.3, -0.25) is 0 Å². The number of nitrogen functional groups attached to an aromatic ring is 2.